The number of aliphatic hydroxyl groups excluding tert-OH is 2. The fraction of sp³-hybridized carbons (Fsp3) is 0.663. The standard InChI is InChI=1S/C83H104O7/c1-51(18-15-21-53-19-7-4-8-20-53)30-33-68(84)83-69(85)35-38-77(3,75(83)67(90-76(87)56-22-9-5-10-23-56)42-52(2)82(83,88)39-34-54-43-70(86)89-49-54)64-46-65-61-28-16-24-55-31-32-62-63-29-13-14-37-79(63,59-25-11-6-12-26-59)48-66-73(72(62)71(55)61)81(65)47-58(64)44-57-45-60-27-17-36-78(60)40-41-80(66,50-78)74(57)81/h4,6-8,11-12,16,19-20,24-26,28,31-32,43-44,51-52,56,58,60,63-69,73-75,84-85,88H,5,9-10,13-15,17-18,21-23,27,29-30,33-42,45-50H2,1-3H3. The van der Waals surface area contributed by atoms with Gasteiger partial charge in [-0.15, -0.1) is 0 Å². The number of rotatable bonds is 15. The quantitative estimate of drug-likeness (QED) is 0.0803. The van der Waals surface area contributed by atoms with E-state index in [1.54, 1.807) is 33.7 Å². The Morgan fingerprint density at radius 3 is 2.39 bits per heavy atom. The molecule has 0 aromatic heterocycles. The number of benzene rings is 4. The molecule has 7 heteroatoms. The highest BCUT2D eigenvalue weighted by molar-refractivity contribution is 5.93. The van der Waals surface area contributed by atoms with E-state index in [0.29, 0.717) is 66.6 Å². The molecule has 9 fully saturated rings. The summed E-state index contributed by atoms with van der Waals surface area (Å²) < 4.78 is 12.9. The molecule has 4 aromatic rings. The van der Waals surface area contributed by atoms with E-state index in [9.17, 15) is 20.1 Å². The third-order valence-corrected chi connectivity index (χ3v) is 30.7. The number of cyclic esters (lactones) is 1. The van der Waals surface area contributed by atoms with Crippen LogP contribution < -0.4 is 0 Å². The lowest BCUT2D eigenvalue weighted by atomic mass is 9.34. The van der Waals surface area contributed by atoms with E-state index in [1.807, 2.05) is 5.57 Å². The second-order valence-corrected chi connectivity index (χ2v) is 34.1. The molecule has 478 valence electrons. The second-order valence-electron chi connectivity index (χ2n) is 34.1. The monoisotopic (exact) mass is 1210 g/mol. The summed E-state index contributed by atoms with van der Waals surface area (Å²) >= 11 is 0. The molecule has 7 nitrogen and oxygen atoms in total. The van der Waals surface area contributed by atoms with E-state index in [1.165, 1.54) is 88.0 Å². The lowest BCUT2D eigenvalue weighted by molar-refractivity contribution is -0.329. The Hall–Kier alpha value is -4.56. The molecule has 0 saturated heterocycles. The van der Waals surface area contributed by atoms with Crippen molar-refractivity contribution in [3.05, 3.63) is 142 Å². The van der Waals surface area contributed by atoms with Crippen LogP contribution in [-0.2, 0) is 30.9 Å². The zero-order valence-corrected chi connectivity index (χ0v) is 54.7. The molecule has 13 aliphatic rings. The van der Waals surface area contributed by atoms with E-state index >= 15 is 4.79 Å². The number of aryl methyl sites for hydroxylation is 1. The van der Waals surface area contributed by atoms with E-state index in [4.69, 9.17) is 9.47 Å². The lowest BCUT2D eigenvalue weighted by Gasteiger charge is -2.72. The Morgan fingerprint density at radius 1 is 0.767 bits per heavy atom. The summed E-state index contributed by atoms with van der Waals surface area (Å²) in [6, 6.07) is 35.6. The van der Waals surface area contributed by atoms with Gasteiger partial charge in [-0.1, -0.05) is 168 Å². The average Bonchev–Trinajstić information content (AvgIpc) is 1.42. The van der Waals surface area contributed by atoms with Crippen molar-refractivity contribution >= 4 is 22.7 Å². The number of carbonyl (C=O) groups excluding carboxylic acids is 2. The van der Waals surface area contributed by atoms with Gasteiger partial charge in [-0.05, 0) is 266 Å². The molecule has 4 bridgehead atoms. The Kier molecular flexibility index (Phi) is 14.3. The fourth-order valence-electron chi connectivity index (χ4n) is 27.6. The van der Waals surface area contributed by atoms with Crippen molar-refractivity contribution in [1.29, 1.82) is 0 Å². The summed E-state index contributed by atoms with van der Waals surface area (Å²) in [5, 5.41) is 45.7. The summed E-state index contributed by atoms with van der Waals surface area (Å²) in [6.45, 7) is 7.20. The van der Waals surface area contributed by atoms with Crippen molar-refractivity contribution in [3.8, 4) is 0 Å². The molecule has 21 unspecified atom stereocenters. The zero-order valence-electron chi connectivity index (χ0n) is 54.7. The maximum Gasteiger partial charge on any atom is 0.331 e. The minimum absolute atomic E-state index is 0.0454. The first kappa shape index (κ1) is 59.2. The van der Waals surface area contributed by atoms with Crippen molar-refractivity contribution in [2.24, 2.45) is 80.3 Å². The van der Waals surface area contributed by atoms with E-state index in [-0.39, 0.29) is 59.0 Å². The molecule has 90 heavy (non-hydrogen) atoms. The number of esters is 2. The van der Waals surface area contributed by atoms with E-state index < -0.39 is 46.6 Å². The lowest BCUT2D eigenvalue weighted by Crippen LogP contribution is -2.77. The first-order valence-corrected chi connectivity index (χ1v) is 37.2. The van der Waals surface area contributed by atoms with Crippen molar-refractivity contribution in [3.63, 3.8) is 0 Å². The summed E-state index contributed by atoms with van der Waals surface area (Å²) in [5.41, 5.74) is 7.92. The molecule has 1 heterocycles. The van der Waals surface area contributed by atoms with Gasteiger partial charge in [0.05, 0.1) is 29.1 Å². The van der Waals surface area contributed by atoms with Crippen molar-refractivity contribution in [2.45, 2.75) is 254 Å². The van der Waals surface area contributed by atoms with Gasteiger partial charge in [0.25, 0.3) is 0 Å². The van der Waals surface area contributed by atoms with Crippen molar-refractivity contribution < 1.29 is 34.4 Å². The zero-order chi connectivity index (χ0) is 61.2. The third kappa shape index (κ3) is 8.30. The molecule has 0 radical (unpaired) electrons. The van der Waals surface area contributed by atoms with Crippen LogP contribution in [0.2, 0.25) is 0 Å². The van der Waals surface area contributed by atoms with Crippen LogP contribution in [0.15, 0.2) is 114 Å². The molecular formula is C83H104O7. The van der Waals surface area contributed by atoms with Gasteiger partial charge in [0.1, 0.15) is 12.7 Å². The van der Waals surface area contributed by atoms with Gasteiger partial charge in [-0.2, -0.15) is 0 Å². The molecule has 4 aromatic carbocycles. The highest BCUT2D eigenvalue weighted by Crippen LogP contribution is 2.88. The van der Waals surface area contributed by atoms with Crippen LogP contribution in [0.1, 0.15) is 246 Å². The number of carbonyl (C=O) groups is 2. The topological polar surface area (TPSA) is 113 Å². The molecule has 3 N–H and O–H groups in total. The van der Waals surface area contributed by atoms with Crippen LogP contribution >= 0.6 is 0 Å². The molecule has 3 spiro atoms. The van der Waals surface area contributed by atoms with Crippen molar-refractivity contribution in [2.75, 3.05) is 6.61 Å². The highest BCUT2D eigenvalue weighted by atomic mass is 16.5. The predicted molar refractivity (Wildman–Crippen MR) is 354 cm³/mol. The minimum atomic E-state index is -1.57. The van der Waals surface area contributed by atoms with Crippen molar-refractivity contribution in [1.82, 2.24) is 0 Å². The molecule has 12 aliphatic carbocycles. The number of ether oxygens (including phenoxy) is 2. The van der Waals surface area contributed by atoms with Crippen LogP contribution in [0, 0.1) is 80.3 Å². The SMILES string of the molecule is CC(CCCc1ccccc1)CCC(O)C12C(O)CCC(C)(C3CC4c5cccc6ccc7c(c56)C5C(CC6(c8ccccc8)CCCCC76)C67CCC8(CCCC8CC8=CC3CC45C86)C7)C1C(OC(=O)C1CCCCC1)CC(C)C2(O)CCC1=CC(=O)OC1. The average molecular weight is 1210 g/mol. The number of hydrogen-bond acceptors (Lipinski definition) is 7. The van der Waals surface area contributed by atoms with Crippen LogP contribution in [-0.4, -0.2) is 57.8 Å². The van der Waals surface area contributed by atoms with Gasteiger partial charge in [-0.25, -0.2) is 4.79 Å². The molecule has 1 aliphatic heterocycles. The van der Waals surface area contributed by atoms with Crippen LogP contribution in [0.4, 0.5) is 0 Å². The Bertz CT molecular complexity index is 3510. The smallest absolute Gasteiger partial charge is 0.331 e. The molecule has 17 rings (SSSR count). The van der Waals surface area contributed by atoms with Gasteiger partial charge in [0.2, 0.25) is 0 Å². The Labute approximate surface area is 537 Å². The van der Waals surface area contributed by atoms with E-state index in [2.05, 4.69) is 118 Å². The third-order valence-electron chi connectivity index (χ3n) is 30.7. The highest BCUT2D eigenvalue weighted by Gasteiger charge is 2.81. The van der Waals surface area contributed by atoms with Crippen LogP contribution in [0.25, 0.3) is 10.8 Å². The van der Waals surface area contributed by atoms with Gasteiger partial charge >= 0.3 is 11.9 Å². The first-order valence-electron chi connectivity index (χ1n) is 37.2. The maximum absolute atomic E-state index is 15.3. The summed E-state index contributed by atoms with van der Waals surface area (Å²) in [6.07, 6.45) is 31.5. The second kappa shape index (κ2) is 21.7. The Balaban J connectivity index is 0.846. The van der Waals surface area contributed by atoms with E-state index in [0.717, 1.165) is 88.5 Å². The molecular weight excluding hydrogens is 1110 g/mol. The van der Waals surface area contributed by atoms with Gasteiger partial charge in [-0.3, -0.25) is 4.79 Å². The molecule has 9 saturated carbocycles. The largest absolute Gasteiger partial charge is 0.462 e. The number of hydrogen-bond donors (Lipinski definition) is 3. The maximum atomic E-state index is 15.3. The van der Waals surface area contributed by atoms with Gasteiger partial charge in [0, 0.05) is 17.4 Å². The predicted octanol–water partition coefficient (Wildman–Crippen LogP) is 17.7. The molecule has 21 atom stereocenters. The number of allylic oxidation sites excluding steroid dienone is 2. The summed E-state index contributed by atoms with van der Waals surface area (Å²) in [7, 11) is 0. The van der Waals surface area contributed by atoms with Gasteiger partial charge < -0.3 is 24.8 Å². The first-order chi connectivity index (χ1) is 43.7. The normalized spacial score (nSPS) is 43.2. The summed E-state index contributed by atoms with van der Waals surface area (Å²) in [5.74, 6) is 2.23. The van der Waals surface area contributed by atoms with Gasteiger partial charge in [0.15, 0.2) is 0 Å². The fourth-order valence-corrected chi connectivity index (χ4v) is 27.6. The minimum Gasteiger partial charge on any atom is -0.462 e. The summed E-state index contributed by atoms with van der Waals surface area (Å²) in [4.78, 5) is 28.1. The number of fused-ring (bicyclic) bond motifs is 5. The molecule has 0 amide bonds. The number of aliphatic hydroxyl groups is 3. The van der Waals surface area contributed by atoms with Crippen LogP contribution in [0.3, 0.4) is 0 Å². The van der Waals surface area contributed by atoms with Crippen LogP contribution in [0.5, 0.6) is 0 Å². The Morgan fingerprint density at radius 2 is 1.58 bits per heavy atom.